The Hall–Kier alpha value is -7.78. The van der Waals surface area contributed by atoms with Crippen molar-refractivity contribution >= 4 is 48.6 Å². The highest BCUT2D eigenvalue weighted by Crippen LogP contribution is 2.58. The predicted octanol–water partition coefficient (Wildman–Crippen LogP) is 16.9. The SMILES string of the molecule is CC1(c2ccccc2)c2ccccc2-c2ccc(N(c3ccc(-c4ccc5sc6ccccc6c5c4)cc3)c3ccc4c(c3)-c3ccccc3C4(c3ccccc3)c3ccccc3)cc21. The van der Waals surface area contributed by atoms with E-state index in [9.17, 15) is 0 Å². The van der Waals surface area contributed by atoms with E-state index in [1.165, 1.54) is 92.5 Å². The second-order valence-electron chi connectivity index (χ2n) is 17.7. The van der Waals surface area contributed by atoms with Crippen LogP contribution in [0.15, 0.2) is 243 Å². The summed E-state index contributed by atoms with van der Waals surface area (Å²) in [6.07, 6.45) is 0. The van der Waals surface area contributed by atoms with E-state index in [-0.39, 0.29) is 5.41 Å². The van der Waals surface area contributed by atoms with Crippen molar-refractivity contribution in [1.82, 2.24) is 0 Å². The van der Waals surface area contributed by atoms with Crippen LogP contribution in [-0.4, -0.2) is 0 Å². The molecule has 0 fully saturated rings. The minimum absolute atomic E-state index is 0.328. The molecule has 306 valence electrons. The summed E-state index contributed by atoms with van der Waals surface area (Å²) in [5, 5.41) is 2.63. The molecule has 1 heterocycles. The average Bonchev–Trinajstić information content (AvgIpc) is 3.99. The van der Waals surface area contributed by atoms with Crippen molar-refractivity contribution in [2.24, 2.45) is 0 Å². The number of hydrogen-bond acceptors (Lipinski definition) is 2. The van der Waals surface area contributed by atoms with Crippen LogP contribution in [0, 0.1) is 0 Å². The van der Waals surface area contributed by atoms with Gasteiger partial charge in [-0.25, -0.2) is 0 Å². The molecule has 1 unspecified atom stereocenters. The molecule has 11 aromatic rings. The molecule has 13 rings (SSSR count). The maximum absolute atomic E-state index is 2.47. The molecule has 0 saturated heterocycles. The average molecular weight is 846 g/mol. The third-order valence-electron chi connectivity index (χ3n) is 14.4. The number of benzene rings is 10. The molecule has 0 saturated carbocycles. The van der Waals surface area contributed by atoms with Gasteiger partial charge in [-0.05, 0) is 134 Å². The zero-order valence-corrected chi connectivity index (χ0v) is 36.8. The Morgan fingerprint density at radius 2 is 0.831 bits per heavy atom. The molecule has 65 heavy (non-hydrogen) atoms. The zero-order chi connectivity index (χ0) is 43.1. The molecule has 2 aliphatic carbocycles. The Bertz CT molecular complexity index is 3570. The standard InChI is InChI=1S/C63H43NS/c1-62(44-17-5-2-6-18-44)56-26-14-11-23-50(56)52-36-34-49(41-59(52)62)64(47-32-29-42(30-33-47)43-31-38-61-55(39-43)53-25-13-16-28-60(53)65-61)48-35-37-58-54(40-48)51-24-12-15-27-57(51)63(58,45-19-7-3-8-20-45)46-21-9-4-10-22-46/h2-41H,1H3. The molecule has 0 spiro atoms. The van der Waals surface area contributed by atoms with Crippen LogP contribution in [-0.2, 0) is 10.8 Å². The van der Waals surface area contributed by atoms with Gasteiger partial charge in [0.1, 0.15) is 0 Å². The fraction of sp³-hybridized carbons (Fsp3) is 0.0476. The summed E-state index contributed by atoms with van der Waals surface area (Å²) < 4.78 is 2.65. The molecule has 10 aromatic carbocycles. The molecule has 2 heteroatoms. The Morgan fingerprint density at radius 3 is 1.55 bits per heavy atom. The lowest BCUT2D eigenvalue weighted by Crippen LogP contribution is -2.28. The second kappa shape index (κ2) is 14.6. The summed E-state index contributed by atoms with van der Waals surface area (Å²) in [5.41, 5.74) is 19.2. The van der Waals surface area contributed by atoms with Gasteiger partial charge in [0.05, 0.1) is 5.41 Å². The monoisotopic (exact) mass is 845 g/mol. The van der Waals surface area contributed by atoms with Crippen LogP contribution in [0.2, 0.25) is 0 Å². The molecule has 2 aliphatic rings. The Balaban J connectivity index is 1.01. The fourth-order valence-electron chi connectivity index (χ4n) is 11.4. The third-order valence-corrected chi connectivity index (χ3v) is 15.6. The van der Waals surface area contributed by atoms with Gasteiger partial charge in [0.15, 0.2) is 0 Å². The highest BCUT2D eigenvalue weighted by molar-refractivity contribution is 7.25. The van der Waals surface area contributed by atoms with Gasteiger partial charge >= 0.3 is 0 Å². The normalized spacial score (nSPS) is 15.3. The highest BCUT2D eigenvalue weighted by Gasteiger charge is 2.46. The Labute approximate surface area is 384 Å². The number of fused-ring (bicyclic) bond motifs is 9. The van der Waals surface area contributed by atoms with Crippen LogP contribution in [0.25, 0.3) is 53.6 Å². The molecule has 0 radical (unpaired) electrons. The van der Waals surface area contributed by atoms with Gasteiger partial charge in [0.2, 0.25) is 0 Å². The van der Waals surface area contributed by atoms with Crippen LogP contribution >= 0.6 is 11.3 Å². The van der Waals surface area contributed by atoms with E-state index in [1.807, 2.05) is 11.3 Å². The van der Waals surface area contributed by atoms with Crippen molar-refractivity contribution in [3.8, 4) is 33.4 Å². The number of thiophene rings is 1. The van der Waals surface area contributed by atoms with E-state index < -0.39 is 5.41 Å². The first-order chi connectivity index (χ1) is 32.1. The van der Waals surface area contributed by atoms with Crippen molar-refractivity contribution in [2.45, 2.75) is 17.8 Å². The Morgan fingerprint density at radius 1 is 0.323 bits per heavy atom. The summed E-state index contributed by atoms with van der Waals surface area (Å²) in [4.78, 5) is 2.47. The highest BCUT2D eigenvalue weighted by atomic mass is 32.1. The van der Waals surface area contributed by atoms with E-state index in [2.05, 4.69) is 254 Å². The molecule has 0 N–H and O–H groups in total. The van der Waals surface area contributed by atoms with Crippen molar-refractivity contribution in [3.63, 3.8) is 0 Å². The molecule has 0 aliphatic heterocycles. The van der Waals surface area contributed by atoms with Crippen molar-refractivity contribution in [1.29, 1.82) is 0 Å². The van der Waals surface area contributed by atoms with Gasteiger partial charge < -0.3 is 4.90 Å². The number of nitrogens with zero attached hydrogens (tertiary/aromatic N) is 1. The van der Waals surface area contributed by atoms with Crippen molar-refractivity contribution in [2.75, 3.05) is 4.90 Å². The van der Waals surface area contributed by atoms with Crippen molar-refractivity contribution < 1.29 is 0 Å². The molecule has 1 aromatic heterocycles. The summed E-state index contributed by atoms with van der Waals surface area (Å²) in [5.74, 6) is 0. The molecule has 1 nitrogen and oxygen atoms in total. The fourth-order valence-corrected chi connectivity index (χ4v) is 12.5. The minimum Gasteiger partial charge on any atom is -0.310 e. The van der Waals surface area contributed by atoms with Gasteiger partial charge in [-0.2, -0.15) is 0 Å². The summed E-state index contributed by atoms with van der Waals surface area (Å²) in [6.45, 7) is 2.41. The lowest BCUT2D eigenvalue weighted by molar-refractivity contribution is 0.714. The second-order valence-corrected chi connectivity index (χ2v) is 18.8. The zero-order valence-electron chi connectivity index (χ0n) is 35.9. The van der Waals surface area contributed by atoms with E-state index in [0.29, 0.717) is 0 Å². The van der Waals surface area contributed by atoms with E-state index in [1.54, 1.807) is 0 Å². The van der Waals surface area contributed by atoms with Gasteiger partial charge in [-0.1, -0.05) is 188 Å². The van der Waals surface area contributed by atoms with E-state index >= 15 is 0 Å². The van der Waals surface area contributed by atoms with Gasteiger partial charge in [-0.3, -0.25) is 0 Å². The molecule has 1 atom stereocenters. The van der Waals surface area contributed by atoms with Gasteiger partial charge in [0.25, 0.3) is 0 Å². The maximum atomic E-state index is 2.47. The largest absolute Gasteiger partial charge is 0.310 e. The first-order valence-electron chi connectivity index (χ1n) is 22.6. The van der Waals surface area contributed by atoms with Crippen molar-refractivity contribution in [3.05, 3.63) is 282 Å². The molecular weight excluding hydrogens is 803 g/mol. The number of rotatable bonds is 7. The van der Waals surface area contributed by atoms with E-state index in [0.717, 1.165) is 17.1 Å². The van der Waals surface area contributed by atoms with Crippen LogP contribution < -0.4 is 4.90 Å². The minimum atomic E-state index is -0.467. The van der Waals surface area contributed by atoms with Crippen LogP contribution in [0.1, 0.15) is 45.9 Å². The first-order valence-corrected chi connectivity index (χ1v) is 23.4. The molecular formula is C63H43NS. The number of hydrogen-bond donors (Lipinski definition) is 0. The smallest absolute Gasteiger partial charge is 0.0713 e. The first kappa shape index (κ1) is 37.7. The van der Waals surface area contributed by atoms with E-state index in [4.69, 9.17) is 0 Å². The van der Waals surface area contributed by atoms with Crippen LogP contribution in [0.5, 0.6) is 0 Å². The van der Waals surface area contributed by atoms with Gasteiger partial charge in [-0.15, -0.1) is 11.3 Å². The lowest BCUT2D eigenvalue weighted by atomic mass is 9.68. The molecule has 0 bridgehead atoms. The Kier molecular flexibility index (Phi) is 8.50. The third kappa shape index (κ3) is 5.57. The predicted molar refractivity (Wildman–Crippen MR) is 274 cm³/mol. The van der Waals surface area contributed by atoms with Crippen LogP contribution in [0.3, 0.4) is 0 Å². The summed E-state index contributed by atoms with van der Waals surface area (Å²) >= 11 is 1.86. The maximum Gasteiger partial charge on any atom is 0.0713 e. The quantitative estimate of drug-likeness (QED) is 0.154. The van der Waals surface area contributed by atoms with Crippen LogP contribution in [0.4, 0.5) is 17.1 Å². The number of anilines is 3. The molecule has 0 amide bonds. The summed E-state index contributed by atoms with van der Waals surface area (Å²) in [7, 11) is 0. The van der Waals surface area contributed by atoms with Gasteiger partial charge in [0, 0.05) is 42.6 Å². The lowest BCUT2D eigenvalue weighted by Gasteiger charge is -2.34. The summed E-state index contributed by atoms with van der Waals surface area (Å²) in [6, 6.07) is 90.4. The topological polar surface area (TPSA) is 3.24 Å².